The van der Waals surface area contributed by atoms with Crippen LogP contribution in [0.2, 0.25) is 5.02 Å². The molecule has 0 saturated heterocycles. The number of aryl methyl sites for hydroxylation is 1. The van der Waals surface area contributed by atoms with Gasteiger partial charge in [0.05, 0.1) is 5.02 Å². The Balaban J connectivity index is 2.54. The summed E-state index contributed by atoms with van der Waals surface area (Å²) in [6.07, 6.45) is 1.65. The highest BCUT2D eigenvalue weighted by molar-refractivity contribution is 6.33. The number of halogens is 2. The van der Waals surface area contributed by atoms with Gasteiger partial charge in [-0.2, -0.15) is 0 Å². The van der Waals surface area contributed by atoms with Gasteiger partial charge in [-0.3, -0.25) is 0 Å². The second-order valence-corrected chi connectivity index (χ2v) is 3.55. The van der Waals surface area contributed by atoms with Crippen molar-refractivity contribution in [1.82, 2.24) is 9.97 Å². The molecule has 0 N–H and O–H groups in total. The zero-order valence-electron chi connectivity index (χ0n) is 8.04. The standard InChI is InChI=1S/C11H8ClFN2/c1-7-4-5-14-11(15-7)9-3-2-8(13)6-10(9)12/h2-6H,1H3. The van der Waals surface area contributed by atoms with Crippen molar-refractivity contribution in [2.75, 3.05) is 0 Å². The Morgan fingerprint density at radius 3 is 2.73 bits per heavy atom. The summed E-state index contributed by atoms with van der Waals surface area (Å²) in [5, 5.41) is 0.320. The molecule has 0 aliphatic carbocycles. The van der Waals surface area contributed by atoms with Gasteiger partial charge in [-0.05, 0) is 31.2 Å². The van der Waals surface area contributed by atoms with Crippen LogP contribution in [0.3, 0.4) is 0 Å². The van der Waals surface area contributed by atoms with E-state index in [1.54, 1.807) is 18.3 Å². The van der Waals surface area contributed by atoms with Crippen LogP contribution in [0, 0.1) is 12.7 Å². The highest BCUT2D eigenvalue weighted by Gasteiger charge is 2.07. The Hall–Kier alpha value is -1.48. The van der Waals surface area contributed by atoms with Gasteiger partial charge in [0.25, 0.3) is 0 Å². The molecule has 0 aliphatic heterocycles. The molecule has 2 rings (SSSR count). The van der Waals surface area contributed by atoms with Crippen LogP contribution in [0.15, 0.2) is 30.5 Å². The van der Waals surface area contributed by atoms with Gasteiger partial charge in [-0.1, -0.05) is 11.6 Å². The van der Waals surface area contributed by atoms with E-state index in [1.165, 1.54) is 12.1 Å². The first kappa shape index (κ1) is 10.1. The number of hydrogen-bond acceptors (Lipinski definition) is 2. The third-order valence-electron chi connectivity index (χ3n) is 1.97. The van der Waals surface area contributed by atoms with Crippen LogP contribution in [0.25, 0.3) is 11.4 Å². The molecular formula is C11H8ClFN2. The highest BCUT2D eigenvalue weighted by atomic mass is 35.5. The number of rotatable bonds is 1. The second kappa shape index (κ2) is 3.95. The summed E-state index contributed by atoms with van der Waals surface area (Å²) in [4.78, 5) is 8.30. The van der Waals surface area contributed by atoms with Crippen LogP contribution in [0.4, 0.5) is 4.39 Å². The first-order valence-corrected chi connectivity index (χ1v) is 4.79. The third kappa shape index (κ3) is 2.13. The molecule has 0 bridgehead atoms. The zero-order chi connectivity index (χ0) is 10.8. The fraction of sp³-hybridized carbons (Fsp3) is 0.0909. The van der Waals surface area contributed by atoms with Gasteiger partial charge in [0.1, 0.15) is 5.82 Å². The minimum absolute atomic E-state index is 0.320. The van der Waals surface area contributed by atoms with Crippen molar-refractivity contribution in [3.63, 3.8) is 0 Å². The van der Waals surface area contributed by atoms with Crippen LogP contribution in [-0.4, -0.2) is 9.97 Å². The Bertz CT molecular complexity index is 500. The number of nitrogens with zero attached hydrogens (tertiary/aromatic N) is 2. The van der Waals surface area contributed by atoms with E-state index < -0.39 is 0 Å². The van der Waals surface area contributed by atoms with Gasteiger partial charge in [-0.15, -0.1) is 0 Å². The molecule has 0 spiro atoms. The molecular weight excluding hydrogens is 215 g/mol. The molecule has 1 aromatic carbocycles. The summed E-state index contributed by atoms with van der Waals surface area (Å²) in [6, 6.07) is 5.96. The van der Waals surface area contributed by atoms with Crippen molar-refractivity contribution in [2.24, 2.45) is 0 Å². The summed E-state index contributed by atoms with van der Waals surface area (Å²) in [5.41, 5.74) is 1.49. The molecule has 0 atom stereocenters. The third-order valence-corrected chi connectivity index (χ3v) is 2.28. The molecule has 0 amide bonds. The lowest BCUT2D eigenvalue weighted by Gasteiger charge is -2.03. The Morgan fingerprint density at radius 2 is 2.07 bits per heavy atom. The average Bonchev–Trinajstić information content (AvgIpc) is 2.17. The Kier molecular flexibility index (Phi) is 2.64. The molecule has 0 unspecified atom stereocenters. The summed E-state index contributed by atoms with van der Waals surface area (Å²) in [7, 11) is 0. The predicted molar refractivity (Wildman–Crippen MR) is 57.2 cm³/mol. The molecule has 4 heteroatoms. The molecule has 2 nitrogen and oxygen atoms in total. The van der Waals surface area contributed by atoms with E-state index in [9.17, 15) is 4.39 Å². The first-order chi connectivity index (χ1) is 7.16. The maximum absolute atomic E-state index is 12.8. The van der Waals surface area contributed by atoms with Crippen LogP contribution in [0.5, 0.6) is 0 Å². The van der Waals surface area contributed by atoms with E-state index in [0.717, 1.165) is 5.69 Å². The zero-order valence-corrected chi connectivity index (χ0v) is 8.79. The topological polar surface area (TPSA) is 25.8 Å². The minimum atomic E-state index is -0.364. The Labute approximate surface area is 91.8 Å². The van der Waals surface area contributed by atoms with E-state index in [0.29, 0.717) is 16.4 Å². The van der Waals surface area contributed by atoms with Crippen LogP contribution >= 0.6 is 11.6 Å². The van der Waals surface area contributed by atoms with Gasteiger partial charge >= 0.3 is 0 Å². The first-order valence-electron chi connectivity index (χ1n) is 4.42. The van der Waals surface area contributed by atoms with Crippen molar-refractivity contribution < 1.29 is 4.39 Å². The van der Waals surface area contributed by atoms with Gasteiger partial charge in [-0.25, -0.2) is 14.4 Å². The van der Waals surface area contributed by atoms with Gasteiger partial charge in [0.15, 0.2) is 5.82 Å². The quantitative estimate of drug-likeness (QED) is 0.740. The van der Waals surface area contributed by atoms with Crippen LogP contribution in [0.1, 0.15) is 5.69 Å². The highest BCUT2D eigenvalue weighted by Crippen LogP contribution is 2.25. The number of aromatic nitrogens is 2. The predicted octanol–water partition coefficient (Wildman–Crippen LogP) is 3.24. The maximum atomic E-state index is 12.8. The SMILES string of the molecule is Cc1ccnc(-c2ccc(F)cc2Cl)n1. The molecule has 76 valence electrons. The van der Waals surface area contributed by atoms with Crippen molar-refractivity contribution in [2.45, 2.75) is 6.92 Å². The lowest BCUT2D eigenvalue weighted by Crippen LogP contribution is -1.91. The smallest absolute Gasteiger partial charge is 0.160 e. The fourth-order valence-electron chi connectivity index (χ4n) is 1.25. The van der Waals surface area contributed by atoms with Gasteiger partial charge in [0, 0.05) is 17.5 Å². The molecule has 1 heterocycles. The maximum Gasteiger partial charge on any atom is 0.160 e. The van der Waals surface area contributed by atoms with E-state index in [2.05, 4.69) is 9.97 Å². The minimum Gasteiger partial charge on any atom is -0.237 e. The van der Waals surface area contributed by atoms with E-state index in [-0.39, 0.29) is 5.82 Å². The summed E-state index contributed by atoms with van der Waals surface area (Å²) in [6.45, 7) is 1.86. The van der Waals surface area contributed by atoms with E-state index >= 15 is 0 Å². The van der Waals surface area contributed by atoms with E-state index in [4.69, 9.17) is 11.6 Å². The van der Waals surface area contributed by atoms with Crippen molar-refractivity contribution >= 4 is 11.6 Å². The van der Waals surface area contributed by atoms with E-state index in [1.807, 2.05) is 6.92 Å². The molecule has 0 saturated carbocycles. The van der Waals surface area contributed by atoms with Crippen LogP contribution in [-0.2, 0) is 0 Å². The van der Waals surface area contributed by atoms with Crippen molar-refractivity contribution in [1.29, 1.82) is 0 Å². The molecule has 2 aromatic rings. The second-order valence-electron chi connectivity index (χ2n) is 3.15. The summed E-state index contributed by atoms with van der Waals surface area (Å²) >= 11 is 5.90. The normalized spacial score (nSPS) is 10.3. The van der Waals surface area contributed by atoms with Gasteiger partial charge < -0.3 is 0 Å². The fourth-order valence-corrected chi connectivity index (χ4v) is 1.50. The monoisotopic (exact) mass is 222 g/mol. The number of benzene rings is 1. The lowest BCUT2D eigenvalue weighted by molar-refractivity contribution is 0.628. The Morgan fingerprint density at radius 1 is 1.27 bits per heavy atom. The number of hydrogen-bond donors (Lipinski definition) is 0. The van der Waals surface area contributed by atoms with Crippen LogP contribution < -0.4 is 0 Å². The summed E-state index contributed by atoms with van der Waals surface area (Å²) in [5.74, 6) is 0.149. The largest absolute Gasteiger partial charge is 0.237 e. The van der Waals surface area contributed by atoms with Gasteiger partial charge in [0.2, 0.25) is 0 Å². The molecule has 15 heavy (non-hydrogen) atoms. The molecule has 0 fully saturated rings. The molecule has 0 radical (unpaired) electrons. The van der Waals surface area contributed by atoms with Crippen molar-refractivity contribution in [3.05, 3.63) is 47.0 Å². The average molecular weight is 223 g/mol. The lowest BCUT2D eigenvalue weighted by atomic mass is 10.2. The molecule has 1 aromatic heterocycles. The summed E-state index contributed by atoms with van der Waals surface area (Å²) < 4.78 is 12.8. The molecule has 0 aliphatic rings. The van der Waals surface area contributed by atoms with Crippen molar-refractivity contribution in [3.8, 4) is 11.4 Å².